The molecular formula is C20H31N5OS. The normalized spacial score (nSPS) is 12.9. The minimum absolute atomic E-state index is 0.163. The van der Waals surface area contributed by atoms with Gasteiger partial charge in [-0.15, -0.1) is 11.3 Å². The first-order chi connectivity index (χ1) is 13.1. The number of para-hydroxylation sites is 1. The van der Waals surface area contributed by atoms with Crippen LogP contribution in [0, 0.1) is 0 Å². The first-order valence-electron chi connectivity index (χ1n) is 9.34. The van der Waals surface area contributed by atoms with E-state index >= 15 is 0 Å². The van der Waals surface area contributed by atoms with Gasteiger partial charge in [0.25, 0.3) is 0 Å². The number of thiazole rings is 1. The molecule has 0 spiro atoms. The van der Waals surface area contributed by atoms with Gasteiger partial charge in [-0.2, -0.15) is 0 Å². The zero-order valence-electron chi connectivity index (χ0n) is 17.0. The zero-order valence-corrected chi connectivity index (χ0v) is 17.8. The highest BCUT2D eigenvalue weighted by Crippen LogP contribution is 2.27. The lowest BCUT2D eigenvalue weighted by Crippen LogP contribution is -2.41. The maximum absolute atomic E-state index is 5.54. The second-order valence-electron chi connectivity index (χ2n) is 6.37. The van der Waals surface area contributed by atoms with Crippen LogP contribution in [0.2, 0.25) is 0 Å². The summed E-state index contributed by atoms with van der Waals surface area (Å²) < 4.78 is 5.54. The van der Waals surface area contributed by atoms with Crippen molar-refractivity contribution in [3.8, 4) is 5.75 Å². The van der Waals surface area contributed by atoms with Gasteiger partial charge in [0.2, 0.25) is 0 Å². The molecule has 2 N–H and O–H groups in total. The molecule has 1 atom stereocenters. The number of ether oxygens (including phenoxy) is 1. The second-order valence-corrected chi connectivity index (χ2v) is 7.57. The summed E-state index contributed by atoms with van der Waals surface area (Å²) >= 11 is 1.73. The molecular weight excluding hydrogens is 358 g/mol. The van der Waals surface area contributed by atoms with Crippen LogP contribution in [0.5, 0.6) is 5.75 Å². The molecule has 7 heteroatoms. The summed E-state index contributed by atoms with van der Waals surface area (Å²) in [5, 5.41) is 7.82. The zero-order chi connectivity index (χ0) is 19.6. The Morgan fingerprint density at radius 2 is 2.04 bits per heavy atom. The summed E-state index contributed by atoms with van der Waals surface area (Å²) in [7, 11) is 5.86. The predicted octanol–water partition coefficient (Wildman–Crippen LogP) is 3.07. The lowest BCUT2D eigenvalue weighted by atomic mass is 10.0. The molecule has 2 aromatic rings. The monoisotopic (exact) mass is 389 g/mol. The van der Waals surface area contributed by atoms with E-state index in [1.165, 1.54) is 4.88 Å². The standard InChI is InChI=1S/C20H31N5OS/c1-6-15-12-22-19(27-15)14-24-20(21-7-2)23-13-17(25(3)4)16-10-8-9-11-18(16)26-5/h8-12,17H,6-7,13-14H2,1-5H3,(H2,21,23,24). The Kier molecular flexibility index (Phi) is 8.54. The second kappa shape index (κ2) is 10.9. The lowest BCUT2D eigenvalue weighted by molar-refractivity contribution is 0.287. The molecule has 1 heterocycles. The molecule has 0 saturated carbocycles. The Hall–Kier alpha value is -2.12. The van der Waals surface area contributed by atoms with Crippen molar-refractivity contribution in [3.63, 3.8) is 0 Å². The predicted molar refractivity (Wildman–Crippen MR) is 114 cm³/mol. The van der Waals surface area contributed by atoms with Crippen molar-refractivity contribution in [3.05, 3.63) is 45.9 Å². The summed E-state index contributed by atoms with van der Waals surface area (Å²) in [5.41, 5.74) is 1.15. The summed E-state index contributed by atoms with van der Waals surface area (Å²) in [5.74, 6) is 1.70. The third-order valence-electron chi connectivity index (χ3n) is 4.25. The Morgan fingerprint density at radius 3 is 2.67 bits per heavy atom. The van der Waals surface area contributed by atoms with Gasteiger partial charge in [0.1, 0.15) is 10.8 Å². The van der Waals surface area contributed by atoms with E-state index in [-0.39, 0.29) is 6.04 Å². The maximum Gasteiger partial charge on any atom is 0.191 e. The van der Waals surface area contributed by atoms with E-state index < -0.39 is 0 Å². The molecule has 1 aromatic carbocycles. The number of aliphatic imine (C=N–C) groups is 1. The van der Waals surface area contributed by atoms with Crippen LogP contribution in [0.15, 0.2) is 35.5 Å². The van der Waals surface area contributed by atoms with E-state index in [0.717, 1.165) is 41.8 Å². The molecule has 0 bridgehead atoms. The fraction of sp³-hybridized carbons (Fsp3) is 0.500. The molecule has 148 valence electrons. The van der Waals surface area contributed by atoms with Gasteiger partial charge in [0.15, 0.2) is 5.96 Å². The van der Waals surface area contributed by atoms with E-state index in [9.17, 15) is 0 Å². The summed E-state index contributed by atoms with van der Waals surface area (Å²) in [4.78, 5) is 12.6. The summed E-state index contributed by atoms with van der Waals surface area (Å²) in [6, 6.07) is 8.31. The molecule has 0 amide bonds. The average molecular weight is 390 g/mol. The quantitative estimate of drug-likeness (QED) is 0.510. The van der Waals surface area contributed by atoms with Gasteiger partial charge >= 0.3 is 0 Å². The number of hydrogen-bond acceptors (Lipinski definition) is 5. The number of aromatic nitrogens is 1. The van der Waals surface area contributed by atoms with Crippen molar-refractivity contribution in [1.82, 2.24) is 20.5 Å². The number of guanidine groups is 1. The van der Waals surface area contributed by atoms with E-state index in [4.69, 9.17) is 9.73 Å². The summed E-state index contributed by atoms with van der Waals surface area (Å²) in [6.45, 7) is 6.33. The minimum Gasteiger partial charge on any atom is -0.496 e. The third kappa shape index (κ3) is 6.22. The Balaban J connectivity index is 2.08. The molecule has 0 radical (unpaired) electrons. The molecule has 6 nitrogen and oxygen atoms in total. The van der Waals surface area contributed by atoms with Gasteiger partial charge in [0.05, 0.1) is 19.7 Å². The van der Waals surface area contributed by atoms with Gasteiger partial charge in [-0.25, -0.2) is 9.98 Å². The number of hydrogen-bond donors (Lipinski definition) is 2. The molecule has 0 aliphatic carbocycles. The molecule has 0 aliphatic rings. The van der Waals surface area contributed by atoms with Crippen molar-refractivity contribution in [2.45, 2.75) is 32.9 Å². The lowest BCUT2D eigenvalue weighted by Gasteiger charge is -2.27. The number of nitrogens with zero attached hydrogens (tertiary/aromatic N) is 3. The van der Waals surface area contributed by atoms with Gasteiger partial charge in [-0.3, -0.25) is 0 Å². The Morgan fingerprint density at radius 1 is 1.26 bits per heavy atom. The van der Waals surface area contributed by atoms with Crippen molar-refractivity contribution in [2.24, 2.45) is 4.99 Å². The van der Waals surface area contributed by atoms with Crippen LogP contribution in [0.1, 0.15) is 35.3 Å². The topological polar surface area (TPSA) is 61.8 Å². The first kappa shape index (κ1) is 21.2. The van der Waals surface area contributed by atoms with Gasteiger partial charge in [-0.1, -0.05) is 25.1 Å². The molecule has 1 unspecified atom stereocenters. The number of rotatable bonds is 9. The van der Waals surface area contributed by atoms with E-state index in [1.807, 2.05) is 24.4 Å². The summed E-state index contributed by atoms with van der Waals surface area (Å²) in [6.07, 6.45) is 2.96. The largest absolute Gasteiger partial charge is 0.496 e. The smallest absolute Gasteiger partial charge is 0.191 e. The van der Waals surface area contributed by atoms with Crippen molar-refractivity contribution in [2.75, 3.05) is 34.3 Å². The van der Waals surface area contributed by atoms with Gasteiger partial charge < -0.3 is 20.3 Å². The van der Waals surface area contributed by atoms with Gasteiger partial charge in [0, 0.05) is 29.7 Å². The van der Waals surface area contributed by atoms with Crippen molar-refractivity contribution in [1.29, 1.82) is 0 Å². The van der Waals surface area contributed by atoms with E-state index in [1.54, 1.807) is 18.4 Å². The van der Waals surface area contributed by atoms with Crippen LogP contribution >= 0.6 is 11.3 Å². The fourth-order valence-corrected chi connectivity index (χ4v) is 3.57. The SMILES string of the molecule is CCNC(=NCc1ncc(CC)s1)NCC(c1ccccc1OC)N(C)C. The Labute approximate surface area is 166 Å². The highest BCUT2D eigenvalue weighted by molar-refractivity contribution is 7.11. The fourth-order valence-electron chi connectivity index (χ4n) is 2.78. The third-order valence-corrected chi connectivity index (χ3v) is 5.38. The minimum atomic E-state index is 0.163. The van der Waals surface area contributed by atoms with Crippen LogP contribution in [-0.4, -0.2) is 50.1 Å². The maximum atomic E-state index is 5.54. The van der Waals surface area contributed by atoms with Crippen molar-refractivity contribution >= 4 is 17.3 Å². The van der Waals surface area contributed by atoms with Gasteiger partial charge in [-0.05, 0) is 33.5 Å². The molecule has 1 aromatic heterocycles. The highest BCUT2D eigenvalue weighted by atomic mass is 32.1. The van der Waals surface area contributed by atoms with Crippen LogP contribution in [0.25, 0.3) is 0 Å². The molecule has 2 rings (SSSR count). The molecule has 0 saturated heterocycles. The number of methoxy groups -OCH3 is 1. The number of nitrogens with one attached hydrogen (secondary N) is 2. The number of benzene rings is 1. The average Bonchev–Trinajstić information content (AvgIpc) is 3.14. The molecule has 0 fully saturated rings. The van der Waals surface area contributed by atoms with Crippen molar-refractivity contribution < 1.29 is 4.74 Å². The Bertz CT molecular complexity index is 729. The van der Waals surface area contributed by atoms with Crippen LogP contribution in [0.3, 0.4) is 0 Å². The van der Waals surface area contributed by atoms with E-state index in [0.29, 0.717) is 6.54 Å². The molecule has 0 aliphatic heterocycles. The highest BCUT2D eigenvalue weighted by Gasteiger charge is 2.18. The first-order valence-corrected chi connectivity index (χ1v) is 10.2. The number of aryl methyl sites for hydroxylation is 1. The molecule has 27 heavy (non-hydrogen) atoms. The van der Waals surface area contributed by atoms with E-state index in [2.05, 4.69) is 54.5 Å². The number of likely N-dealkylation sites (N-methyl/N-ethyl adjacent to an activating group) is 1. The van der Waals surface area contributed by atoms with Crippen LogP contribution in [0.4, 0.5) is 0 Å². The van der Waals surface area contributed by atoms with Crippen LogP contribution < -0.4 is 15.4 Å². The van der Waals surface area contributed by atoms with Crippen LogP contribution in [-0.2, 0) is 13.0 Å².